The number of sulfonamides is 1. The maximum absolute atomic E-state index is 11.5. The Labute approximate surface area is 197 Å². The van der Waals surface area contributed by atoms with Crippen LogP contribution in [0.3, 0.4) is 0 Å². The lowest BCUT2D eigenvalue weighted by Gasteiger charge is -2.26. The second-order valence-electron chi connectivity index (χ2n) is 8.02. The Kier molecular flexibility index (Phi) is 10.8. The van der Waals surface area contributed by atoms with E-state index >= 15 is 0 Å². The summed E-state index contributed by atoms with van der Waals surface area (Å²) in [5.41, 5.74) is 1.48. The van der Waals surface area contributed by atoms with Crippen LogP contribution in [0, 0.1) is 6.92 Å². The van der Waals surface area contributed by atoms with Crippen molar-refractivity contribution < 1.29 is 17.9 Å². The fourth-order valence-electron chi connectivity index (χ4n) is 3.04. The molecule has 1 heterocycles. The van der Waals surface area contributed by atoms with Gasteiger partial charge in [0.15, 0.2) is 5.96 Å². The number of nitrogens with zero attached hydrogens (tertiary/aromatic N) is 1. The van der Waals surface area contributed by atoms with E-state index in [9.17, 15) is 8.42 Å². The number of aliphatic imine (C=N–C) groups is 1. The van der Waals surface area contributed by atoms with E-state index in [4.69, 9.17) is 9.47 Å². The molecule has 1 atom stereocenters. The molecular weight excluding hydrogens is 519 g/mol. The lowest BCUT2D eigenvalue weighted by atomic mass is 10.1. The molecule has 1 saturated heterocycles. The third kappa shape index (κ3) is 9.80. The van der Waals surface area contributed by atoms with Crippen LogP contribution in [-0.2, 0) is 21.3 Å². The van der Waals surface area contributed by atoms with Gasteiger partial charge in [0.25, 0.3) is 0 Å². The van der Waals surface area contributed by atoms with Gasteiger partial charge in [0.2, 0.25) is 10.0 Å². The molecule has 2 rings (SSSR count). The summed E-state index contributed by atoms with van der Waals surface area (Å²) in [6.45, 7) is 10.5. The van der Waals surface area contributed by atoms with Crippen LogP contribution in [0.15, 0.2) is 23.2 Å². The number of halogens is 1. The summed E-state index contributed by atoms with van der Waals surface area (Å²) in [4.78, 5) is 4.65. The second kappa shape index (κ2) is 12.1. The molecule has 0 aliphatic carbocycles. The zero-order valence-electron chi connectivity index (χ0n) is 18.4. The van der Waals surface area contributed by atoms with Gasteiger partial charge >= 0.3 is 0 Å². The average molecular weight is 554 g/mol. The predicted molar refractivity (Wildman–Crippen MR) is 131 cm³/mol. The van der Waals surface area contributed by atoms with Crippen LogP contribution in [0.25, 0.3) is 0 Å². The van der Waals surface area contributed by atoms with Crippen molar-refractivity contribution in [1.82, 2.24) is 15.4 Å². The van der Waals surface area contributed by atoms with E-state index in [-0.39, 0.29) is 30.1 Å². The summed E-state index contributed by atoms with van der Waals surface area (Å²) >= 11 is 0. The molecular formula is C20H35IN4O4S. The molecule has 0 saturated carbocycles. The van der Waals surface area contributed by atoms with Gasteiger partial charge in [0.1, 0.15) is 11.9 Å². The number of benzene rings is 1. The highest BCUT2D eigenvalue weighted by molar-refractivity contribution is 14.0. The average Bonchev–Trinajstić information content (AvgIpc) is 3.09. The minimum Gasteiger partial charge on any atom is -0.488 e. The van der Waals surface area contributed by atoms with Gasteiger partial charge in [-0.25, -0.2) is 18.1 Å². The Hall–Kier alpha value is -1.11. The quantitative estimate of drug-likeness (QED) is 0.246. The molecule has 1 aromatic rings. The SMILES string of the molecule is CCNC(=NCc1ccc(C)cc1OC1CCOC1)NCC(C)(C)NS(C)(=O)=O.I. The van der Waals surface area contributed by atoms with Crippen molar-refractivity contribution >= 4 is 40.0 Å². The van der Waals surface area contributed by atoms with E-state index in [1.165, 1.54) is 0 Å². The molecule has 1 unspecified atom stereocenters. The molecule has 1 fully saturated rings. The zero-order chi connectivity index (χ0) is 21.5. The van der Waals surface area contributed by atoms with Crippen LogP contribution < -0.4 is 20.1 Å². The third-order valence-corrected chi connectivity index (χ3v) is 5.24. The number of hydrogen-bond donors (Lipinski definition) is 3. The summed E-state index contributed by atoms with van der Waals surface area (Å²) in [6.07, 6.45) is 2.12. The Bertz CT molecular complexity index is 809. The van der Waals surface area contributed by atoms with Crippen molar-refractivity contribution in [1.29, 1.82) is 0 Å². The molecule has 1 aromatic carbocycles. The Morgan fingerprint density at radius 1 is 1.33 bits per heavy atom. The Morgan fingerprint density at radius 2 is 2.07 bits per heavy atom. The van der Waals surface area contributed by atoms with Gasteiger partial charge in [-0.05, 0) is 39.3 Å². The second-order valence-corrected chi connectivity index (χ2v) is 9.77. The minimum atomic E-state index is -3.30. The van der Waals surface area contributed by atoms with Crippen LogP contribution in [-0.4, -0.2) is 58.6 Å². The molecule has 0 bridgehead atoms. The molecule has 1 aliphatic rings. The van der Waals surface area contributed by atoms with E-state index < -0.39 is 15.6 Å². The lowest BCUT2D eigenvalue weighted by Crippen LogP contribution is -2.53. The largest absolute Gasteiger partial charge is 0.488 e. The fraction of sp³-hybridized carbons (Fsp3) is 0.650. The van der Waals surface area contributed by atoms with Crippen molar-refractivity contribution in [3.05, 3.63) is 29.3 Å². The summed E-state index contributed by atoms with van der Waals surface area (Å²) < 4.78 is 37.2. The van der Waals surface area contributed by atoms with Gasteiger partial charge in [-0.1, -0.05) is 12.1 Å². The van der Waals surface area contributed by atoms with Crippen molar-refractivity contribution in [2.45, 2.75) is 52.3 Å². The molecule has 1 aliphatic heterocycles. The lowest BCUT2D eigenvalue weighted by molar-refractivity contribution is 0.140. The summed E-state index contributed by atoms with van der Waals surface area (Å²) in [5, 5.41) is 6.40. The summed E-state index contributed by atoms with van der Waals surface area (Å²) in [5.74, 6) is 1.45. The van der Waals surface area contributed by atoms with Crippen LogP contribution in [0.1, 0.15) is 38.3 Å². The summed E-state index contributed by atoms with van der Waals surface area (Å²) in [7, 11) is -3.30. The number of nitrogens with one attached hydrogen (secondary N) is 3. The van der Waals surface area contributed by atoms with Gasteiger partial charge in [-0.2, -0.15) is 0 Å². The van der Waals surface area contributed by atoms with Crippen molar-refractivity contribution in [2.24, 2.45) is 4.99 Å². The summed E-state index contributed by atoms with van der Waals surface area (Å²) in [6, 6.07) is 6.10. The van der Waals surface area contributed by atoms with Crippen molar-refractivity contribution in [3.8, 4) is 5.75 Å². The fourth-order valence-corrected chi connectivity index (χ4v) is 4.11. The smallest absolute Gasteiger partial charge is 0.209 e. The van der Waals surface area contributed by atoms with Gasteiger partial charge in [0.05, 0.1) is 26.0 Å². The molecule has 8 nitrogen and oxygen atoms in total. The van der Waals surface area contributed by atoms with Gasteiger partial charge in [0, 0.05) is 30.6 Å². The number of guanidine groups is 1. The Balaban J connectivity index is 0.00000450. The first-order valence-corrected chi connectivity index (χ1v) is 11.8. The molecule has 0 spiro atoms. The van der Waals surface area contributed by atoms with E-state index in [2.05, 4.69) is 20.3 Å². The van der Waals surface area contributed by atoms with Crippen LogP contribution in [0.2, 0.25) is 0 Å². The predicted octanol–water partition coefficient (Wildman–Crippen LogP) is 2.16. The number of rotatable bonds is 9. The molecule has 172 valence electrons. The van der Waals surface area contributed by atoms with Gasteiger partial charge in [-0.3, -0.25) is 0 Å². The maximum atomic E-state index is 11.5. The van der Waals surface area contributed by atoms with E-state index in [1.807, 2.05) is 45.9 Å². The zero-order valence-corrected chi connectivity index (χ0v) is 21.6. The van der Waals surface area contributed by atoms with Crippen LogP contribution >= 0.6 is 24.0 Å². The van der Waals surface area contributed by atoms with Crippen molar-refractivity contribution in [2.75, 3.05) is 32.6 Å². The molecule has 3 N–H and O–H groups in total. The minimum absolute atomic E-state index is 0. The maximum Gasteiger partial charge on any atom is 0.209 e. The third-order valence-electron chi connectivity index (χ3n) is 4.32. The number of aryl methyl sites for hydroxylation is 1. The van der Waals surface area contributed by atoms with Gasteiger partial charge < -0.3 is 20.1 Å². The standard InChI is InChI=1S/C20H34N4O4S.HI/c1-6-21-19(23-14-20(3,4)24-29(5,25)26)22-12-16-8-7-15(2)11-18(16)28-17-9-10-27-13-17;/h7-8,11,17,24H,6,9-10,12-14H2,1-5H3,(H2,21,22,23);1H. The number of ether oxygens (including phenoxy) is 2. The molecule has 30 heavy (non-hydrogen) atoms. The first kappa shape index (κ1) is 26.9. The van der Waals surface area contributed by atoms with E-state index in [1.54, 1.807) is 0 Å². The molecule has 10 heteroatoms. The number of hydrogen-bond acceptors (Lipinski definition) is 5. The molecule has 0 amide bonds. The van der Waals surface area contributed by atoms with E-state index in [0.717, 1.165) is 36.2 Å². The first-order chi connectivity index (χ1) is 13.6. The molecule has 0 radical (unpaired) electrons. The normalized spacial score (nSPS) is 17.4. The highest BCUT2D eigenvalue weighted by Crippen LogP contribution is 2.24. The van der Waals surface area contributed by atoms with Crippen molar-refractivity contribution in [3.63, 3.8) is 0 Å². The van der Waals surface area contributed by atoms with Crippen LogP contribution in [0.5, 0.6) is 5.75 Å². The first-order valence-electron chi connectivity index (χ1n) is 9.93. The topological polar surface area (TPSA) is 101 Å². The van der Waals surface area contributed by atoms with Gasteiger partial charge in [-0.15, -0.1) is 24.0 Å². The highest BCUT2D eigenvalue weighted by Gasteiger charge is 2.22. The molecule has 0 aromatic heterocycles. The Morgan fingerprint density at radius 3 is 2.67 bits per heavy atom. The highest BCUT2D eigenvalue weighted by atomic mass is 127. The van der Waals surface area contributed by atoms with Crippen LogP contribution in [0.4, 0.5) is 0 Å². The monoisotopic (exact) mass is 554 g/mol. The van der Waals surface area contributed by atoms with E-state index in [0.29, 0.717) is 32.2 Å².